The quantitative estimate of drug-likeness (QED) is 0.895. The Bertz CT molecular complexity index is 618. The molecule has 0 atom stereocenters. The molecule has 2 heterocycles. The standard InChI is InChI=1S/C15H18N4O/c1-2-11-5-6-20-9-13(11)7-10(1)8-16-15-17-14(18-19-15)12-3-4-12/h1-2,7,12H,3-6,8-9H2,(H2,16,17,18,19). The third-order valence-corrected chi connectivity index (χ3v) is 3.96. The second-order valence-electron chi connectivity index (χ2n) is 5.58. The van der Waals surface area contributed by atoms with Gasteiger partial charge in [0.05, 0.1) is 13.2 Å². The second-order valence-corrected chi connectivity index (χ2v) is 5.58. The van der Waals surface area contributed by atoms with Crippen molar-refractivity contribution in [3.8, 4) is 0 Å². The van der Waals surface area contributed by atoms with E-state index in [0.29, 0.717) is 11.9 Å². The van der Waals surface area contributed by atoms with Gasteiger partial charge in [-0.3, -0.25) is 5.10 Å². The molecule has 2 aliphatic rings. The third-order valence-electron chi connectivity index (χ3n) is 3.96. The van der Waals surface area contributed by atoms with Gasteiger partial charge in [-0.05, 0) is 36.0 Å². The predicted molar refractivity (Wildman–Crippen MR) is 75.5 cm³/mol. The lowest BCUT2D eigenvalue weighted by Gasteiger charge is -2.17. The monoisotopic (exact) mass is 270 g/mol. The SMILES string of the molecule is c1cc2c(cc1CNc1n[nH]c(C3CC3)n1)COCC2. The van der Waals surface area contributed by atoms with Crippen molar-refractivity contribution in [3.05, 3.63) is 40.7 Å². The highest BCUT2D eigenvalue weighted by Crippen LogP contribution is 2.38. The van der Waals surface area contributed by atoms with Crippen LogP contribution in [0.5, 0.6) is 0 Å². The number of nitrogens with zero attached hydrogens (tertiary/aromatic N) is 2. The van der Waals surface area contributed by atoms with E-state index in [0.717, 1.165) is 32.0 Å². The Hall–Kier alpha value is -1.88. The number of nitrogens with one attached hydrogen (secondary N) is 2. The van der Waals surface area contributed by atoms with E-state index in [2.05, 4.69) is 38.7 Å². The van der Waals surface area contributed by atoms with Crippen molar-refractivity contribution < 1.29 is 4.74 Å². The lowest BCUT2D eigenvalue weighted by Crippen LogP contribution is -2.11. The lowest BCUT2D eigenvalue weighted by atomic mass is 10.0. The third kappa shape index (κ3) is 2.41. The molecule has 1 aromatic heterocycles. The first-order valence-corrected chi connectivity index (χ1v) is 7.23. The zero-order valence-electron chi connectivity index (χ0n) is 11.4. The fraction of sp³-hybridized carbons (Fsp3) is 0.467. The van der Waals surface area contributed by atoms with Crippen molar-refractivity contribution >= 4 is 5.95 Å². The smallest absolute Gasteiger partial charge is 0.242 e. The summed E-state index contributed by atoms with van der Waals surface area (Å²) in [6.07, 6.45) is 3.49. The number of ether oxygens (including phenoxy) is 1. The minimum Gasteiger partial charge on any atom is -0.376 e. The Morgan fingerprint density at radius 3 is 3.15 bits per heavy atom. The zero-order chi connectivity index (χ0) is 13.4. The topological polar surface area (TPSA) is 62.8 Å². The number of anilines is 1. The molecule has 20 heavy (non-hydrogen) atoms. The van der Waals surface area contributed by atoms with Gasteiger partial charge in [0.2, 0.25) is 5.95 Å². The fourth-order valence-corrected chi connectivity index (χ4v) is 2.61. The van der Waals surface area contributed by atoms with Crippen molar-refractivity contribution in [1.82, 2.24) is 15.2 Å². The van der Waals surface area contributed by atoms with Crippen LogP contribution in [0.3, 0.4) is 0 Å². The number of benzene rings is 1. The fourth-order valence-electron chi connectivity index (χ4n) is 2.61. The summed E-state index contributed by atoms with van der Waals surface area (Å²) in [5.74, 6) is 2.33. The molecule has 5 heteroatoms. The zero-order valence-corrected chi connectivity index (χ0v) is 11.4. The minimum absolute atomic E-state index is 0.610. The average Bonchev–Trinajstić information content (AvgIpc) is 3.24. The number of rotatable bonds is 4. The highest BCUT2D eigenvalue weighted by atomic mass is 16.5. The van der Waals surface area contributed by atoms with Crippen LogP contribution in [0.4, 0.5) is 5.95 Å². The van der Waals surface area contributed by atoms with Gasteiger partial charge < -0.3 is 10.1 Å². The molecule has 2 N–H and O–H groups in total. The van der Waals surface area contributed by atoms with Crippen LogP contribution in [-0.4, -0.2) is 21.8 Å². The number of hydrogen-bond donors (Lipinski definition) is 2. The highest BCUT2D eigenvalue weighted by Gasteiger charge is 2.27. The summed E-state index contributed by atoms with van der Waals surface area (Å²) in [7, 11) is 0. The molecule has 104 valence electrons. The summed E-state index contributed by atoms with van der Waals surface area (Å²) in [5, 5.41) is 10.5. The van der Waals surface area contributed by atoms with Crippen LogP contribution in [0.2, 0.25) is 0 Å². The summed E-state index contributed by atoms with van der Waals surface area (Å²) in [5.41, 5.74) is 3.96. The number of H-pyrrole nitrogens is 1. The van der Waals surface area contributed by atoms with Crippen LogP contribution in [0.1, 0.15) is 41.3 Å². The average molecular weight is 270 g/mol. The van der Waals surface area contributed by atoms with E-state index in [4.69, 9.17) is 4.74 Å². The first-order chi connectivity index (χ1) is 9.88. The molecule has 0 bridgehead atoms. The number of hydrogen-bond acceptors (Lipinski definition) is 4. The number of fused-ring (bicyclic) bond motifs is 1. The predicted octanol–water partition coefficient (Wildman–Crippen LogP) is 2.37. The summed E-state index contributed by atoms with van der Waals surface area (Å²) in [6.45, 7) is 2.32. The van der Waals surface area contributed by atoms with Crippen LogP contribution in [-0.2, 0) is 24.3 Å². The molecule has 1 saturated carbocycles. The maximum atomic E-state index is 5.50. The molecule has 4 rings (SSSR count). The Labute approximate surface area is 117 Å². The van der Waals surface area contributed by atoms with E-state index in [9.17, 15) is 0 Å². The van der Waals surface area contributed by atoms with Crippen LogP contribution < -0.4 is 5.32 Å². The van der Waals surface area contributed by atoms with Gasteiger partial charge in [0.15, 0.2) is 0 Å². The van der Waals surface area contributed by atoms with Crippen LogP contribution in [0.15, 0.2) is 18.2 Å². The van der Waals surface area contributed by atoms with Crippen LogP contribution in [0, 0.1) is 0 Å². The number of aromatic nitrogens is 3. The molecule has 1 aliphatic heterocycles. The Morgan fingerprint density at radius 2 is 2.25 bits per heavy atom. The molecule has 1 fully saturated rings. The van der Waals surface area contributed by atoms with Gasteiger partial charge in [-0.1, -0.05) is 18.2 Å². The Morgan fingerprint density at radius 1 is 1.30 bits per heavy atom. The normalized spacial score (nSPS) is 17.8. The van der Waals surface area contributed by atoms with Gasteiger partial charge in [-0.25, -0.2) is 0 Å². The van der Waals surface area contributed by atoms with Gasteiger partial charge in [0.1, 0.15) is 5.82 Å². The van der Waals surface area contributed by atoms with Crippen molar-refractivity contribution in [2.45, 2.75) is 38.3 Å². The minimum atomic E-state index is 0.610. The molecule has 1 aliphatic carbocycles. The molecule has 0 radical (unpaired) electrons. The van der Waals surface area contributed by atoms with Gasteiger partial charge in [-0.15, -0.1) is 5.10 Å². The van der Waals surface area contributed by atoms with E-state index < -0.39 is 0 Å². The molecule has 2 aromatic rings. The lowest BCUT2D eigenvalue weighted by molar-refractivity contribution is 0.110. The molecule has 1 aromatic carbocycles. The highest BCUT2D eigenvalue weighted by molar-refractivity contribution is 5.35. The van der Waals surface area contributed by atoms with Crippen LogP contribution >= 0.6 is 0 Å². The maximum absolute atomic E-state index is 5.50. The van der Waals surface area contributed by atoms with Gasteiger partial charge >= 0.3 is 0 Å². The van der Waals surface area contributed by atoms with Crippen molar-refractivity contribution in [2.75, 3.05) is 11.9 Å². The Balaban J connectivity index is 1.43. The molecule has 0 unspecified atom stereocenters. The molecule has 0 saturated heterocycles. The summed E-state index contributed by atoms with van der Waals surface area (Å²) in [4.78, 5) is 4.47. The summed E-state index contributed by atoms with van der Waals surface area (Å²) >= 11 is 0. The summed E-state index contributed by atoms with van der Waals surface area (Å²) < 4.78 is 5.50. The number of aromatic amines is 1. The molecule has 0 amide bonds. The first-order valence-electron chi connectivity index (χ1n) is 7.23. The Kier molecular flexibility index (Phi) is 2.92. The molecular weight excluding hydrogens is 252 g/mol. The molecule has 5 nitrogen and oxygen atoms in total. The van der Waals surface area contributed by atoms with Gasteiger partial charge in [-0.2, -0.15) is 4.98 Å². The van der Waals surface area contributed by atoms with E-state index in [-0.39, 0.29) is 0 Å². The maximum Gasteiger partial charge on any atom is 0.242 e. The molecule has 0 spiro atoms. The first kappa shape index (κ1) is 11.9. The summed E-state index contributed by atoms with van der Waals surface area (Å²) in [6, 6.07) is 6.60. The van der Waals surface area contributed by atoms with E-state index in [1.54, 1.807) is 0 Å². The van der Waals surface area contributed by atoms with Crippen molar-refractivity contribution in [1.29, 1.82) is 0 Å². The van der Waals surface area contributed by atoms with E-state index in [1.165, 1.54) is 29.5 Å². The van der Waals surface area contributed by atoms with Crippen molar-refractivity contribution in [3.63, 3.8) is 0 Å². The van der Waals surface area contributed by atoms with Crippen LogP contribution in [0.25, 0.3) is 0 Å². The largest absolute Gasteiger partial charge is 0.376 e. The van der Waals surface area contributed by atoms with Gasteiger partial charge in [0, 0.05) is 12.5 Å². The van der Waals surface area contributed by atoms with E-state index >= 15 is 0 Å². The van der Waals surface area contributed by atoms with Crippen molar-refractivity contribution in [2.24, 2.45) is 0 Å². The second kappa shape index (κ2) is 4.90. The molecular formula is C15H18N4O. The van der Waals surface area contributed by atoms with Gasteiger partial charge in [0.25, 0.3) is 0 Å². The van der Waals surface area contributed by atoms with E-state index in [1.807, 2.05) is 0 Å².